The summed E-state index contributed by atoms with van der Waals surface area (Å²) in [6, 6.07) is 7.69. The van der Waals surface area contributed by atoms with Gasteiger partial charge in [0.15, 0.2) is 11.6 Å². The summed E-state index contributed by atoms with van der Waals surface area (Å²) < 4.78 is 6.09. The quantitative estimate of drug-likeness (QED) is 0.864. The Morgan fingerprint density at radius 2 is 2.22 bits per heavy atom. The first-order valence-electron chi connectivity index (χ1n) is 7.69. The maximum absolute atomic E-state index is 12.5. The van der Waals surface area contributed by atoms with Gasteiger partial charge >= 0.3 is 0 Å². The SMILES string of the molecule is Cc1ccc(C(=O)N2CC[C@@H](Oc3cccnc3N(C)C)C2)s1. The first-order valence-corrected chi connectivity index (χ1v) is 8.51. The lowest BCUT2D eigenvalue weighted by atomic mass is 10.3. The van der Waals surface area contributed by atoms with E-state index in [-0.39, 0.29) is 12.0 Å². The number of nitrogens with zero attached hydrogens (tertiary/aromatic N) is 3. The molecule has 0 aromatic carbocycles. The highest BCUT2D eigenvalue weighted by Crippen LogP contribution is 2.27. The van der Waals surface area contributed by atoms with E-state index in [1.807, 2.05) is 55.1 Å². The van der Waals surface area contributed by atoms with Crippen LogP contribution < -0.4 is 9.64 Å². The maximum Gasteiger partial charge on any atom is 0.264 e. The van der Waals surface area contributed by atoms with Crippen molar-refractivity contribution in [3.05, 3.63) is 40.2 Å². The van der Waals surface area contributed by atoms with E-state index in [4.69, 9.17) is 4.74 Å². The Kier molecular flexibility index (Phi) is 4.52. The van der Waals surface area contributed by atoms with E-state index in [0.717, 1.165) is 34.3 Å². The monoisotopic (exact) mass is 331 g/mol. The van der Waals surface area contributed by atoms with Gasteiger partial charge in [-0.15, -0.1) is 11.3 Å². The van der Waals surface area contributed by atoms with Gasteiger partial charge in [0.1, 0.15) is 6.10 Å². The zero-order valence-electron chi connectivity index (χ0n) is 13.7. The van der Waals surface area contributed by atoms with E-state index in [0.29, 0.717) is 6.54 Å². The highest BCUT2D eigenvalue weighted by Gasteiger charge is 2.29. The van der Waals surface area contributed by atoms with E-state index in [9.17, 15) is 4.79 Å². The number of amides is 1. The molecule has 1 saturated heterocycles. The lowest BCUT2D eigenvalue weighted by Crippen LogP contribution is -2.30. The Balaban J connectivity index is 1.65. The van der Waals surface area contributed by atoms with Gasteiger partial charge in [0.2, 0.25) is 0 Å². The van der Waals surface area contributed by atoms with Gasteiger partial charge in [0.05, 0.1) is 11.4 Å². The van der Waals surface area contributed by atoms with Crippen LogP contribution in [0.1, 0.15) is 21.0 Å². The van der Waals surface area contributed by atoms with E-state index >= 15 is 0 Å². The minimum Gasteiger partial charge on any atom is -0.485 e. The standard InChI is InChI=1S/C17H21N3O2S/c1-12-6-7-15(23-12)17(21)20-10-8-13(11-20)22-14-5-4-9-18-16(14)19(2)3/h4-7,9,13H,8,10-11H2,1-3H3/t13-/m1/s1. The Morgan fingerprint density at radius 3 is 2.91 bits per heavy atom. The van der Waals surface area contributed by atoms with Crippen molar-refractivity contribution in [2.45, 2.75) is 19.4 Å². The summed E-state index contributed by atoms with van der Waals surface area (Å²) in [7, 11) is 3.89. The smallest absolute Gasteiger partial charge is 0.264 e. The molecular formula is C17H21N3O2S. The second kappa shape index (κ2) is 6.58. The molecule has 1 aliphatic rings. The molecule has 3 heterocycles. The van der Waals surface area contributed by atoms with Crippen LogP contribution in [0, 0.1) is 6.92 Å². The van der Waals surface area contributed by atoms with Gasteiger partial charge in [-0.25, -0.2) is 4.98 Å². The van der Waals surface area contributed by atoms with Gasteiger partial charge in [-0.1, -0.05) is 0 Å². The first kappa shape index (κ1) is 15.8. The lowest BCUT2D eigenvalue weighted by Gasteiger charge is -2.20. The van der Waals surface area contributed by atoms with Crippen molar-refractivity contribution in [2.75, 3.05) is 32.1 Å². The number of likely N-dealkylation sites (tertiary alicyclic amines) is 1. The van der Waals surface area contributed by atoms with E-state index in [1.165, 1.54) is 0 Å². The third-order valence-corrected chi connectivity index (χ3v) is 4.84. The van der Waals surface area contributed by atoms with Gasteiger partial charge in [-0.3, -0.25) is 4.79 Å². The molecule has 0 saturated carbocycles. The topological polar surface area (TPSA) is 45.7 Å². The van der Waals surface area contributed by atoms with Gasteiger partial charge in [-0.2, -0.15) is 0 Å². The van der Waals surface area contributed by atoms with Gasteiger partial charge < -0.3 is 14.5 Å². The zero-order chi connectivity index (χ0) is 16.4. The molecule has 23 heavy (non-hydrogen) atoms. The first-order chi connectivity index (χ1) is 11.0. The molecule has 0 spiro atoms. The fourth-order valence-electron chi connectivity index (χ4n) is 2.70. The van der Waals surface area contributed by atoms with E-state index in [2.05, 4.69) is 4.98 Å². The normalized spacial score (nSPS) is 17.3. The maximum atomic E-state index is 12.5. The van der Waals surface area contributed by atoms with Gasteiger partial charge in [-0.05, 0) is 31.2 Å². The molecule has 1 atom stereocenters. The largest absolute Gasteiger partial charge is 0.485 e. The number of rotatable bonds is 4. The van der Waals surface area contributed by atoms with Crippen LogP contribution in [0.5, 0.6) is 5.75 Å². The summed E-state index contributed by atoms with van der Waals surface area (Å²) >= 11 is 1.55. The Hall–Kier alpha value is -2.08. The summed E-state index contributed by atoms with van der Waals surface area (Å²) in [5.74, 6) is 1.68. The van der Waals surface area contributed by atoms with Crippen molar-refractivity contribution < 1.29 is 9.53 Å². The van der Waals surface area contributed by atoms with E-state index in [1.54, 1.807) is 17.5 Å². The molecule has 0 N–H and O–H groups in total. The van der Waals surface area contributed by atoms with Crippen molar-refractivity contribution in [2.24, 2.45) is 0 Å². The second-order valence-electron chi connectivity index (χ2n) is 5.91. The number of hydrogen-bond donors (Lipinski definition) is 0. The molecule has 1 fully saturated rings. The lowest BCUT2D eigenvalue weighted by molar-refractivity contribution is 0.0777. The Bertz CT molecular complexity index is 699. The van der Waals surface area contributed by atoms with Crippen molar-refractivity contribution >= 4 is 23.1 Å². The number of pyridine rings is 1. The minimum absolute atomic E-state index is 0.0166. The molecule has 3 rings (SSSR count). The second-order valence-corrected chi connectivity index (χ2v) is 7.20. The third-order valence-electron chi connectivity index (χ3n) is 3.85. The number of carbonyl (C=O) groups is 1. The van der Waals surface area contributed by atoms with E-state index < -0.39 is 0 Å². The molecule has 2 aromatic rings. The van der Waals surface area contributed by atoms with Gasteiger partial charge in [0.25, 0.3) is 5.91 Å². The van der Waals surface area contributed by atoms with Crippen LogP contribution in [0.15, 0.2) is 30.5 Å². The van der Waals surface area contributed by atoms with Crippen molar-refractivity contribution in [3.63, 3.8) is 0 Å². The Labute approximate surface area is 140 Å². The number of anilines is 1. The zero-order valence-corrected chi connectivity index (χ0v) is 14.5. The van der Waals surface area contributed by atoms with Crippen LogP contribution in [-0.2, 0) is 0 Å². The fraction of sp³-hybridized carbons (Fsp3) is 0.412. The molecule has 0 bridgehead atoms. The van der Waals surface area contributed by atoms with Crippen LogP contribution in [0.3, 0.4) is 0 Å². The number of carbonyl (C=O) groups excluding carboxylic acids is 1. The van der Waals surface area contributed by atoms with Crippen LogP contribution >= 0.6 is 11.3 Å². The molecular weight excluding hydrogens is 310 g/mol. The minimum atomic E-state index is 0.0166. The Morgan fingerprint density at radius 1 is 1.39 bits per heavy atom. The molecule has 5 nitrogen and oxygen atoms in total. The molecule has 0 unspecified atom stereocenters. The van der Waals surface area contributed by atoms with Crippen molar-refractivity contribution in [1.82, 2.24) is 9.88 Å². The third kappa shape index (κ3) is 3.47. The average molecular weight is 331 g/mol. The number of aromatic nitrogens is 1. The fourth-order valence-corrected chi connectivity index (χ4v) is 3.54. The summed E-state index contributed by atoms with van der Waals surface area (Å²) in [5.41, 5.74) is 0. The summed E-state index contributed by atoms with van der Waals surface area (Å²) in [6.07, 6.45) is 2.62. The number of ether oxygens (including phenoxy) is 1. The highest BCUT2D eigenvalue weighted by molar-refractivity contribution is 7.13. The molecule has 1 aliphatic heterocycles. The van der Waals surface area contributed by atoms with Crippen LogP contribution in [0.2, 0.25) is 0 Å². The molecule has 0 aliphatic carbocycles. The van der Waals surface area contributed by atoms with Crippen molar-refractivity contribution in [3.8, 4) is 5.75 Å². The molecule has 122 valence electrons. The van der Waals surface area contributed by atoms with Crippen LogP contribution in [0.4, 0.5) is 5.82 Å². The number of thiophene rings is 1. The summed E-state index contributed by atoms with van der Waals surface area (Å²) in [4.78, 5) is 22.6. The predicted molar refractivity (Wildman–Crippen MR) is 92.6 cm³/mol. The van der Waals surface area contributed by atoms with Crippen LogP contribution in [0.25, 0.3) is 0 Å². The average Bonchev–Trinajstić information content (AvgIpc) is 3.16. The van der Waals surface area contributed by atoms with Crippen molar-refractivity contribution in [1.29, 1.82) is 0 Å². The van der Waals surface area contributed by atoms with Gasteiger partial charge in [0, 0.05) is 38.1 Å². The number of hydrogen-bond acceptors (Lipinski definition) is 5. The molecule has 0 radical (unpaired) electrons. The summed E-state index contributed by atoms with van der Waals surface area (Å²) in [6.45, 7) is 3.37. The summed E-state index contributed by atoms with van der Waals surface area (Å²) in [5, 5.41) is 0. The molecule has 1 amide bonds. The molecule has 2 aromatic heterocycles. The predicted octanol–water partition coefficient (Wildman–Crippen LogP) is 2.81. The van der Waals surface area contributed by atoms with Crippen LogP contribution in [-0.4, -0.2) is 49.1 Å². The highest BCUT2D eigenvalue weighted by atomic mass is 32.1. The number of aryl methyl sites for hydroxylation is 1. The molecule has 6 heteroatoms.